The molecule has 0 bridgehead atoms. The maximum Gasteiger partial charge on any atom is 0.223 e. The summed E-state index contributed by atoms with van der Waals surface area (Å²) in [5.74, 6) is 0.475. The molecule has 0 aliphatic carbocycles. The van der Waals surface area contributed by atoms with Crippen LogP contribution in [0.3, 0.4) is 0 Å². The smallest absolute Gasteiger partial charge is 0.223 e. The van der Waals surface area contributed by atoms with E-state index in [0.29, 0.717) is 5.13 Å². The van der Waals surface area contributed by atoms with Gasteiger partial charge in [0.05, 0.1) is 21.3 Å². The van der Waals surface area contributed by atoms with Crippen LogP contribution in [0.4, 0.5) is 10.8 Å². The summed E-state index contributed by atoms with van der Waals surface area (Å²) >= 11 is 1.42. The number of benzene rings is 2. The molecule has 2 aromatic heterocycles. The molecule has 0 radical (unpaired) electrons. The lowest BCUT2D eigenvalue weighted by Crippen LogP contribution is -2.05. The molecule has 26 heavy (non-hydrogen) atoms. The number of aromatic nitrogens is 3. The Bertz CT molecular complexity index is 1150. The number of H-pyrrole nitrogens is 1. The third-order valence-electron chi connectivity index (χ3n) is 3.75. The molecule has 0 unspecified atom stereocenters. The molecule has 8 heteroatoms. The number of carbonyl (C=O) groups excluding carboxylic acids is 2. The number of carbonyl (C=O) groups is 2. The molecule has 3 N–H and O–H groups in total. The van der Waals surface area contributed by atoms with Gasteiger partial charge in [0.15, 0.2) is 5.13 Å². The van der Waals surface area contributed by atoms with Crippen LogP contribution in [0.25, 0.3) is 32.6 Å². The van der Waals surface area contributed by atoms with E-state index in [2.05, 4.69) is 25.6 Å². The number of thiazole rings is 1. The van der Waals surface area contributed by atoms with Gasteiger partial charge < -0.3 is 15.6 Å². The molecule has 2 heterocycles. The Labute approximate surface area is 152 Å². The van der Waals surface area contributed by atoms with Gasteiger partial charge in [0.1, 0.15) is 5.82 Å². The Hall–Kier alpha value is -3.26. The number of rotatable bonds is 3. The van der Waals surface area contributed by atoms with Gasteiger partial charge in [-0.15, -0.1) is 0 Å². The summed E-state index contributed by atoms with van der Waals surface area (Å²) < 4.78 is 0.964. The van der Waals surface area contributed by atoms with Gasteiger partial charge in [-0.3, -0.25) is 9.59 Å². The van der Waals surface area contributed by atoms with Crippen molar-refractivity contribution in [1.82, 2.24) is 15.0 Å². The van der Waals surface area contributed by atoms with E-state index in [0.717, 1.165) is 38.3 Å². The van der Waals surface area contributed by atoms with E-state index < -0.39 is 0 Å². The average molecular weight is 365 g/mol. The maximum atomic E-state index is 11.2. The topological polar surface area (TPSA) is 99.8 Å². The Kier molecular flexibility index (Phi) is 3.89. The number of hydrogen-bond acceptors (Lipinski definition) is 5. The Balaban J connectivity index is 1.71. The first-order valence-corrected chi connectivity index (χ1v) is 8.75. The molecule has 2 aromatic carbocycles. The molecule has 0 spiro atoms. The zero-order chi connectivity index (χ0) is 18.3. The highest BCUT2D eigenvalue weighted by Gasteiger charge is 2.10. The second-order valence-corrected chi connectivity index (χ2v) is 6.91. The van der Waals surface area contributed by atoms with Crippen molar-refractivity contribution in [3.63, 3.8) is 0 Å². The standard InChI is InChI=1S/C18H15N5O2S/c1-9(24)19-12-4-6-13-15(8-12)22-17(21-13)11-3-5-14-16(7-11)26-18(23-14)20-10(2)25/h3-8H,1-2H3,(H,19,24)(H,21,22)(H,20,23,25). The lowest BCUT2D eigenvalue weighted by Gasteiger charge is -2.00. The SMILES string of the molecule is CC(=O)Nc1ccc2nc(-c3ccc4nc(NC(C)=O)sc4c3)[nH]c2c1. The van der Waals surface area contributed by atoms with Crippen LogP contribution in [-0.2, 0) is 9.59 Å². The zero-order valence-corrected chi connectivity index (χ0v) is 14.9. The first kappa shape index (κ1) is 16.2. The van der Waals surface area contributed by atoms with Gasteiger partial charge in [0.2, 0.25) is 11.8 Å². The molecular weight excluding hydrogens is 350 g/mol. The van der Waals surface area contributed by atoms with Crippen LogP contribution < -0.4 is 10.6 Å². The predicted octanol–water partition coefficient (Wildman–Crippen LogP) is 3.76. The summed E-state index contributed by atoms with van der Waals surface area (Å²) in [5, 5.41) is 6.05. The van der Waals surface area contributed by atoms with Crippen LogP contribution in [0.5, 0.6) is 0 Å². The minimum Gasteiger partial charge on any atom is -0.338 e. The van der Waals surface area contributed by atoms with Crippen LogP contribution in [0.2, 0.25) is 0 Å². The van der Waals surface area contributed by atoms with Crippen molar-refractivity contribution in [1.29, 1.82) is 0 Å². The van der Waals surface area contributed by atoms with Crippen molar-refractivity contribution >= 4 is 55.2 Å². The normalized spacial score (nSPS) is 11.0. The molecule has 0 fully saturated rings. The fraction of sp³-hybridized carbons (Fsp3) is 0.111. The summed E-state index contributed by atoms with van der Waals surface area (Å²) in [6.45, 7) is 2.93. The molecule has 0 atom stereocenters. The fourth-order valence-corrected chi connectivity index (χ4v) is 3.65. The van der Waals surface area contributed by atoms with E-state index in [9.17, 15) is 9.59 Å². The second-order valence-electron chi connectivity index (χ2n) is 5.88. The highest BCUT2D eigenvalue weighted by molar-refractivity contribution is 7.22. The van der Waals surface area contributed by atoms with Gasteiger partial charge in [0.25, 0.3) is 0 Å². The van der Waals surface area contributed by atoms with Crippen molar-refractivity contribution in [3.05, 3.63) is 36.4 Å². The summed E-state index contributed by atoms with van der Waals surface area (Å²) in [6.07, 6.45) is 0. The van der Waals surface area contributed by atoms with Crippen molar-refractivity contribution in [2.75, 3.05) is 10.6 Å². The van der Waals surface area contributed by atoms with E-state index in [4.69, 9.17) is 0 Å². The summed E-state index contributed by atoms with van der Waals surface area (Å²) in [4.78, 5) is 34.7. The number of fused-ring (bicyclic) bond motifs is 2. The molecular formula is C18H15N5O2S. The largest absolute Gasteiger partial charge is 0.338 e. The lowest BCUT2D eigenvalue weighted by molar-refractivity contribution is -0.115. The molecule has 0 aliphatic rings. The van der Waals surface area contributed by atoms with Gasteiger partial charge in [-0.1, -0.05) is 11.3 Å². The monoisotopic (exact) mass is 365 g/mol. The van der Waals surface area contributed by atoms with Crippen molar-refractivity contribution < 1.29 is 9.59 Å². The second kappa shape index (κ2) is 6.23. The first-order chi connectivity index (χ1) is 12.5. The molecule has 0 saturated heterocycles. The van der Waals surface area contributed by atoms with Crippen LogP contribution in [0, 0.1) is 0 Å². The van der Waals surface area contributed by atoms with E-state index >= 15 is 0 Å². The fourth-order valence-electron chi connectivity index (χ4n) is 2.70. The van der Waals surface area contributed by atoms with Crippen LogP contribution in [-0.4, -0.2) is 26.8 Å². The third kappa shape index (κ3) is 3.14. The predicted molar refractivity (Wildman–Crippen MR) is 103 cm³/mol. The van der Waals surface area contributed by atoms with Crippen molar-refractivity contribution in [3.8, 4) is 11.4 Å². The van der Waals surface area contributed by atoms with E-state index in [1.807, 2.05) is 36.4 Å². The number of amides is 2. The zero-order valence-electron chi connectivity index (χ0n) is 14.1. The van der Waals surface area contributed by atoms with Gasteiger partial charge >= 0.3 is 0 Å². The summed E-state index contributed by atoms with van der Waals surface area (Å²) in [7, 11) is 0. The Morgan fingerprint density at radius 2 is 1.73 bits per heavy atom. The van der Waals surface area contributed by atoms with Gasteiger partial charge in [-0.2, -0.15) is 0 Å². The number of nitrogens with one attached hydrogen (secondary N) is 3. The van der Waals surface area contributed by atoms with Gasteiger partial charge in [-0.25, -0.2) is 9.97 Å². The molecule has 130 valence electrons. The van der Waals surface area contributed by atoms with Crippen molar-refractivity contribution in [2.45, 2.75) is 13.8 Å². The number of nitrogens with zero attached hydrogens (tertiary/aromatic N) is 2. The van der Waals surface area contributed by atoms with Gasteiger partial charge in [0, 0.05) is 25.1 Å². The van der Waals surface area contributed by atoms with Crippen molar-refractivity contribution in [2.24, 2.45) is 0 Å². The summed E-state index contributed by atoms with van der Waals surface area (Å²) in [5.41, 5.74) is 4.13. The molecule has 0 aliphatic heterocycles. The molecule has 0 saturated carbocycles. The molecule has 4 rings (SSSR count). The maximum absolute atomic E-state index is 11.2. The first-order valence-electron chi connectivity index (χ1n) is 7.94. The highest BCUT2D eigenvalue weighted by atomic mass is 32.1. The molecule has 7 nitrogen and oxygen atoms in total. The summed E-state index contributed by atoms with van der Waals surface area (Å²) in [6, 6.07) is 11.4. The Morgan fingerprint density at radius 1 is 0.962 bits per heavy atom. The minimum absolute atomic E-state index is 0.116. The van der Waals surface area contributed by atoms with Gasteiger partial charge in [-0.05, 0) is 36.4 Å². The van der Waals surface area contributed by atoms with Crippen LogP contribution in [0.1, 0.15) is 13.8 Å². The number of anilines is 2. The molecule has 2 amide bonds. The number of imidazole rings is 1. The highest BCUT2D eigenvalue weighted by Crippen LogP contribution is 2.30. The van der Waals surface area contributed by atoms with E-state index in [-0.39, 0.29) is 11.8 Å². The quantitative estimate of drug-likeness (QED) is 0.515. The average Bonchev–Trinajstić information content (AvgIpc) is 3.15. The number of aromatic amines is 1. The van der Waals surface area contributed by atoms with E-state index in [1.165, 1.54) is 25.2 Å². The van der Waals surface area contributed by atoms with Crippen LogP contribution >= 0.6 is 11.3 Å². The number of hydrogen-bond donors (Lipinski definition) is 3. The molecule has 4 aromatic rings. The van der Waals surface area contributed by atoms with E-state index in [1.54, 1.807) is 0 Å². The minimum atomic E-state index is -0.142. The lowest BCUT2D eigenvalue weighted by atomic mass is 10.2. The Morgan fingerprint density at radius 3 is 2.50 bits per heavy atom. The third-order valence-corrected chi connectivity index (χ3v) is 4.68. The van der Waals surface area contributed by atoms with Crippen LogP contribution in [0.15, 0.2) is 36.4 Å².